The number of rotatable bonds is 7. The first-order valence-corrected chi connectivity index (χ1v) is 9.10. The Morgan fingerprint density at radius 2 is 1.60 bits per heavy atom. The smallest absolute Gasteiger partial charge is 0.237 e. The molecule has 2 aromatic rings. The summed E-state index contributed by atoms with van der Waals surface area (Å²) in [6.45, 7) is 2.78. The van der Waals surface area contributed by atoms with Crippen molar-refractivity contribution >= 4 is 5.91 Å². The number of likely N-dealkylation sites (tertiary alicyclic amines) is 1. The van der Waals surface area contributed by atoms with E-state index in [1.807, 2.05) is 36.4 Å². The fourth-order valence-corrected chi connectivity index (χ4v) is 3.48. The third-order valence-corrected chi connectivity index (χ3v) is 4.87. The summed E-state index contributed by atoms with van der Waals surface area (Å²) in [5.41, 5.74) is 8.44. The lowest BCUT2D eigenvalue weighted by Crippen LogP contribution is -2.45. The molecule has 0 aromatic heterocycles. The lowest BCUT2D eigenvalue weighted by Gasteiger charge is -2.28. The maximum absolute atomic E-state index is 12.4. The standard InChI is InChI=1S/C21H27N3O/c22-19(15-17-9-3-1-4-10-17)21(25)23-16-20(24-13-7-8-14-24)18-11-5-2-6-12-18/h1-6,9-12,19-20H,7-8,13-16,22H2,(H,23,25)/t19-,20?/m0/s1. The Morgan fingerprint density at radius 1 is 1.00 bits per heavy atom. The zero-order chi connectivity index (χ0) is 17.5. The Labute approximate surface area is 150 Å². The quantitative estimate of drug-likeness (QED) is 0.816. The molecule has 3 rings (SSSR count). The van der Waals surface area contributed by atoms with Gasteiger partial charge in [-0.3, -0.25) is 9.69 Å². The predicted molar refractivity (Wildman–Crippen MR) is 101 cm³/mol. The summed E-state index contributed by atoms with van der Waals surface area (Å²) < 4.78 is 0. The number of benzene rings is 2. The van der Waals surface area contributed by atoms with E-state index in [4.69, 9.17) is 5.73 Å². The van der Waals surface area contributed by atoms with E-state index >= 15 is 0 Å². The molecule has 0 radical (unpaired) electrons. The lowest BCUT2D eigenvalue weighted by molar-refractivity contribution is -0.122. The van der Waals surface area contributed by atoms with Gasteiger partial charge in [0.1, 0.15) is 0 Å². The fourth-order valence-electron chi connectivity index (χ4n) is 3.48. The van der Waals surface area contributed by atoms with Crippen molar-refractivity contribution in [3.05, 3.63) is 71.8 Å². The average Bonchev–Trinajstić information content (AvgIpc) is 3.18. The van der Waals surface area contributed by atoms with Crippen LogP contribution in [-0.4, -0.2) is 36.5 Å². The summed E-state index contributed by atoms with van der Waals surface area (Å²) in [4.78, 5) is 14.9. The van der Waals surface area contributed by atoms with Gasteiger partial charge in [0.05, 0.1) is 12.1 Å². The normalized spacial score (nSPS) is 17.2. The number of nitrogens with one attached hydrogen (secondary N) is 1. The summed E-state index contributed by atoms with van der Waals surface area (Å²) in [5, 5.41) is 3.07. The van der Waals surface area contributed by atoms with E-state index in [2.05, 4.69) is 34.5 Å². The molecule has 1 unspecified atom stereocenters. The van der Waals surface area contributed by atoms with E-state index < -0.39 is 6.04 Å². The monoisotopic (exact) mass is 337 g/mol. The van der Waals surface area contributed by atoms with E-state index in [-0.39, 0.29) is 11.9 Å². The van der Waals surface area contributed by atoms with Crippen LogP contribution in [0.1, 0.15) is 30.0 Å². The average molecular weight is 337 g/mol. The third-order valence-electron chi connectivity index (χ3n) is 4.87. The van der Waals surface area contributed by atoms with Crippen molar-refractivity contribution in [1.82, 2.24) is 10.2 Å². The van der Waals surface area contributed by atoms with Crippen molar-refractivity contribution in [3.8, 4) is 0 Å². The highest BCUT2D eigenvalue weighted by molar-refractivity contribution is 5.81. The van der Waals surface area contributed by atoms with E-state index in [9.17, 15) is 4.79 Å². The summed E-state index contributed by atoms with van der Waals surface area (Å²) in [6.07, 6.45) is 3.02. The number of hydrogen-bond donors (Lipinski definition) is 2. The van der Waals surface area contributed by atoms with E-state index in [0.717, 1.165) is 18.7 Å². The zero-order valence-electron chi connectivity index (χ0n) is 14.6. The minimum absolute atomic E-state index is 0.0796. The molecule has 1 amide bonds. The van der Waals surface area contributed by atoms with E-state index in [0.29, 0.717) is 13.0 Å². The van der Waals surface area contributed by atoms with E-state index in [1.165, 1.54) is 18.4 Å². The Bertz CT molecular complexity index is 653. The highest BCUT2D eigenvalue weighted by Gasteiger charge is 2.24. The second-order valence-electron chi connectivity index (χ2n) is 6.71. The van der Waals surface area contributed by atoms with Gasteiger partial charge in [-0.05, 0) is 43.5 Å². The lowest BCUT2D eigenvalue weighted by atomic mass is 10.0. The van der Waals surface area contributed by atoms with E-state index in [1.54, 1.807) is 0 Å². The van der Waals surface area contributed by atoms with Crippen LogP contribution in [0.25, 0.3) is 0 Å². The molecular weight excluding hydrogens is 310 g/mol. The molecule has 132 valence electrons. The summed E-state index contributed by atoms with van der Waals surface area (Å²) in [5.74, 6) is -0.0796. The van der Waals surface area contributed by atoms with Crippen molar-refractivity contribution in [2.24, 2.45) is 5.73 Å². The van der Waals surface area contributed by atoms with Gasteiger partial charge in [-0.2, -0.15) is 0 Å². The SMILES string of the molecule is N[C@@H](Cc1ccccc1)C(=O)NCC(c1ccccc1)N1CCCC1. The van der Waals surface area contributed by atoms with Crippen molar-refractivity contribution in [2.75, 3.05) is 19.6 Å². The summed E-state index contributed by atoms with van der Waals surface area (Å²) >= 11 is 0. The maximum Gasteiger partial charge on any atom is 0.237 e. The molecule has 2 aromatic carbocycles. The molecule has 1 aliphatic rings. The first-order valence-electron chi connectivity index (χ1n) is 9.10. The number of nitrogens with zero attached hydrogens (tertiary/aromatic N) is 1. The van der Waals surface area contributed by atoms with Gasteiger partial charge in [0.2, 0.25) is 5.91 Å². The first kappa shape index (κ1) is 17.6. The summed E-state index contributed by atoms with van der Waals surface area (Å²) in [6, 6.07) is 20.0. The van der Waals surface area contributed by atoms with Gasteiger partial charge in [0.15, 0.2) is 0 Å². The minimum atomic E-state index is -0.516. The molecule has 0 bridgehead atoms. The molecule has 1 saturated heterocycles. The molecule has 0 spiro atoms. The second kappa shape index (κ2) is 8.79. The Kier molecular flexibility index (Phi) is 6.20. The molecular formula is C21H27N3O. The largest absolute Gasteiger partial charge is 0.353 e. The van der Waals surface area contributed by atoms with Gasteiger partial charge in [-0.25, -0.2) is 0 Å². The van der Waals surface area contributed by atoms with Crippen LogP contribution in [0.5, 0.6) is 0 Å². The zero-order valence-corrected chi connectivity index (χ0v) is 14.6. The minimum Gasteiger partial charge on any atom is -0.353 e. The summed E-state index contributed by atoms with van der Waals surface area (Å²) in [7, 11) is 0. The van der Waals surface area contributed by atoms with Crippen LogP contribution >= 0.6 is 0 Å². The molecule has 3 N–H and O–H groups in total. The molecule has 0 saturated carbocycles. The van der Waals surface area contributed by atoms with Crippen molar-refractivity contribution in [1.29, 1.82) is 0 Å². The van der Waals surface area contributed by atoms with Gasteiger partial charge in [0, 0.05) is 6.54 Å². The van der Waals surface area contributed by atoms with Crippen LogP contribution in [0, 0.1) is 0 Å². The molecule has 1 aliphatic heterocycles. The van der Waals surface area contributed by atoms with Crippen LogP contribution < -0.4 is 11.1 Å². The molecule has 0 aliphatic carbocycles. The van der Waals surface area contributed by atoms with Gasteiger partial charge < -0.3 is 11.1 Å². The van der Waals surface area contributed by atoms with Gasteiger partial charge in [0.25, 0.3) is 0 Å². The Morgan fingerprint density at radius 3 is 2.24 bits per heavy atom. The topological polar surface area (TPSA) is 58.4 Å². The molecule has 4 heteroatoms. The molecule has 4 nitrogen and oxygen atoms in total. The van der Waals surface area contributed by atoms with Crippen molar-refractivity contribution < 1.29 is 4.79 Å². The Hall–Kier alpha value is -2.17. The number of carbonyl (C=O) groups is 1. The molecule has 2 atom stereocenters. The van der Waals surface area contributed by atoms with Gasteiger partial charge >= 0.3 is 0 Å². The first-order chi connectivity index (χ1) is 12.2. The number of amides is 1. The van der Waals surface area contributed by atoms with Crippen LogP contribution in [0.3, 0.4) is 0 Å². The van der Waals surface area contributed by atoms with Crippen LogP contribution in [0.2, 0.25) is 0 Å². The predicted octanol–water partition coefficient (Wildman–Crippen LogP) is 2.51. The highest BCUT2D eigenvalue weighted by Crippen LogP contribution is 2.24. The molecule has 1 fully saturated rings. The maximum atomic E-state index is 12.4. The molecule has 1 heterocycles. The van der Waals surface area contributed by atoms with Crippen molar-refractivity contribution in [3.63, 3.8) is 0 Å². The van der Waals surface area contributed by atoms with Crippen molar-refractivity contribution in [2.45, 2.75) is 31.3 Å². The molecule has 25 heavy (non-hydrogen) atoms. The second-order valence-corrected chi connectivity index (χ2v) is 6.71. The van der Waals surface area contributed by atoms with Crippen LogP contribution in [0.15, 0.2) is 60.7 Å². The third kappa shape index (κ3) is 4.91. The number of carbonyl (C=O) groups excluding carboxylic acids is 1. The van der Waals surface area contributed by atoms with Crippen LogP contribution in [0.4, 0.5) is 0 Å². The number of nitrogens with two attached hydrogens (primary N) is 1. The number of hydrogen-bond acceptors (Lipinski definition) is 3. The van der Waals surface area contributed by atoms with Crippen LogP contribution in [-0.2, 0) is 11.2 Å². The fraction of sp³-hybridized carbons (Fsp3) is 0.381. The van der Waals surface area contributed by atoms with Gasteiger partial charge in [-0.1, -0.05) is 60.7 Å². The highest BCUT2D eigenvalue weighted by atomic mass is 16.2. The Balaban J connectivity index is 1.59. The van der Waals surface area contributed by atoms with Gasteiger partial charge in [-0.15, -0.1) is 0 Å².